The first-order valence-corrected chi connectivity index (χ1v) is 19.1. The molecule has 5 aliphatic carbocycles. The van der Waals surface area contributed by atoms with Crippen LogP contribution in [0.3, 0.4) is 0 Å². The van der Waals surface area contributed by atoms with E-state index in [1.807, 2.05) is 32.9 Å². The van der Waals surface area contributed by atoms with Crippen LogP contribution in [0.5, 0.6) is 0 Å². The van der Waals surface area contributed by atoms with Gasteiger partial charge in [-0.15, -0.1) is 0 Å². The smallest absolute Gasteiger partial charge is 0.407 e. The molecule has 4 fully saturated rings. The molecule has 266 valence electrons. The normalized spacial score (nSPS) is 38.4. The van der Waals surface area contributed by atoms with Crippen molar-refractivity contribution in [3.05, 3.63) is 41.5 Å². The fourth-order valence-corrected chi connectivity index (χ4v) is 12.8. The highest BCUT2D eigenvalue weighted by atomic mass is 16.6. The van der Waals surface area contributed by atoms with Gasteiger partial charge in [-0.1, -0.05) is 59.2 Å². The van der Waals surface area contributed by atoms with Crippen LogP contribution in [-0.2, 0) is 9.47 Å². The van der Waals surface area contributed by atoms with Gasteiger partial charge in [0.2, 0.25) is 0 Å². The average molecular weight is 661 g/mol. The zero-order valence-electron chi connectivity index (χ0n) is 31.5. The summed E-state index contributed by atoms with van der Waals surface area (Å²) in [5, 5.41) is 7.08. The summed E-state index contributed by atoms with van der Waals surface area (Å²) in [5.41, 5.74) is 4.15. The molecule has 1 aromatic carbocycles. The van der Waals surface area contributed by atoms with Gasteiger partial charge in [0.15, 0.2) is 0 Å². The molecule has 48 heavy (non-hydrogen) atoms. The van der Waals surface area contributed by atoms with Crippen LogP contribution in [0, 0.1) is 45.3 Å². The van der Waals surface area contributed by atoms with Crippen molar-refractivity contribution in [2.75, 3.05) is 20.2 Å². The van der Waals surface area contributed by atoms with Crippen molar-refractivity contribution in [3.8, 4) is 0 Å². The molecule has 2 N–H and O–H groups in total. The molecule has 0 radical (unpaired) electrons. The standard InChI is InChI=1S/C42H64N2O4/c1-37(2,3)48-36(46)43-26-11-27-44-42-21-10-12-32(42)31-17-18-34-39(6)22-19-30(28-13-15-29(16-14-28)35(45)47-9)38(4,5)33(39)20-23-41(34,8)40(31,7)24-25-42/h13-16,19,31-34,44H,10-12,17-18,20-27H2,1-9H3,(H,43,46)/t31?,32?,33?,34?,39?,40-,41?,42?/m1/s1. The largest absolute Gasteiger partial charge is 0.465 e. The molecular weight excluding hydrogens is 596 g/mol. The number of benzene rings is 1. The predicted molar refractivity (Wildman–Crippen MR) is 194 cm³/mol. The summed E-state index contributed by atoms with van der Waals surface area (Å²) in [5.74, 6) is 2.61. The van der Waals surface area contributed by atoms with Crippen LogP contribution in [0.25, 0.3) is 5.57 Å². The fraction of sp³-hybridized carbons (Fsp3) is 0.762. The number of methoxy groups -OCH3 is 1. The second-order valence-corrected chi connectivity index (χ2v) is 18.6. The maximum absolute atomic E-state index is 12.1. The average Bonchev–Trinajstić information content (AvgIpc) is 3.44. The molecule has 7 unspecified atom stereocenters. The van der Waals surface area contributed by atoms with Gasteiger partial charge >= 0.3 is 12.1 Å². The Morgan fingerprint density at radius 1 is 0.833 bits per heavy atom. The molecule has 6 heteroatoms. The van der Waals surface area contributed by atoms with E-state index >= 15 is 0 Å². The van der Waals surface area contributed by atoms with Gasteiger partial charge in [-0.25, -0.2) is 9.59 Å². The first-order valence-electron chi connectivity index (χ1n) is 19.1. The van der Waals surface area contributed by atoms with Gasteiger partial charge in [-0.05, 0) is 160 Å². The molecule has 6 rings (SSSR count). The van der Waals surface area contributed by atoms with Crippen molar-refractivity contribution in [1.82, 2.24) is 10.6 Å². The molecule has 6 nitrogen and oxygen atoms in total. The van der Waals surface area contributed by atoms with Gasteiger partial charge < -0.3 is 20.1 Å². The Morgan fingerprint density at radius 2 is 1.56 bits per heavy atom. The van der Waals surface area contributed by atoms with Crippen LogP contribution < -0.4 is 10.6 Å². The Morgan fingerprint density at radius 3 is 2.25 bits per heavy atom. The number of carbonyl (C=O) groups is 2. The second-order valence-electron chi connectivity index (χ2n) is 18.6. The molecular formula is C42H64N2O4. The topological polar surface area (TPSA) is 76.7 Å². The molecule has 0 spiro atoms. The molecule has 0 bridgehead atoms. The number of ether oxygens (including phenoxy) is 2. The Bertz CT molecular complexity index is 1410. The lowest BCUT2D eigenvalue weighted by atomic mass is 9.33. The Hall–Kier alpha value is -2.34. The molecule has 0 aliphatic heterocycles. The third-order valence-electron chi connectivity index (χ3n) is 15.1. The lowest BCUT2D eigenvalue weighted by Crippen LogP contribution is -2.67. The summed E-state index contributed by atoms with van der Waals surface area (Å²) < 4.78 is 10.4. The SMILES string of the molecule is COC(=O)c1ccc(C2=CCC3(C)C(CCC4(C)C3CCC3C5CCCC5(NCCCNC(=O)OC(C)(C)C)CC[C@]34C)C2(C)C)cc1. The molecule has 5 aliphatic rings. The zero-order valence-corrected chi connectivity index (χ0v) is 31.5. The van der Waals surface area contributed by atoms with E-state index in [1.165, 1.54) is 76.0 Å². The van der Waals surface area contributed by atoms with Gasteiger partial charge in [0.25, 0.3) is 0 Å². The van der Waals surface area contributed by atoms with Gasteiger partial charge in [0.05, 0.1) is 12.7 Å². The number of hydrogen-bond acceptors (Lipinski definition) is 5. The van der Waals surface area contributed by atoms with E-state index in [-0.39, 0.29) is 28.4 Å². The molecule has 0 saturated heterocycles. The lowest BCUT2D eigenvalue weighted by molar-refractivity contribution is -0.216. The Balaban J connectivity index is 1.17. The van der Waals surface area contributed by atoms with Crippen LogP contribution in [0.2, 0.25) is 0 Å². The van der Waals surface area contributed by atoms with Gasteiger partial charge in [-0.2, -0.15) is 0 Å². The van der Waals surface area contributed by atoms with E-state index < -0.39 is 5.60 Å². The van der Waals surface area contributed by atoms with Crippen LogP contribution in [0.4, 0.5) is 4.79 Å². The maximum atomic E-state index is 12.1. The highest BCUT2D eigenvalue weighted by Gasteiger charge is 2.69. The molecule has 8 atom stereocenters. The summed E-state index contributed by atoms with van der Waals surface area (Å²) in [6, 6.07) is 8.11. The number of hydrogen-bond donors (Lipinski definition) is 2. The van der Waals surface area contributed by atoms with E-state index in [9.17, 15) is 9.59 Å². The summed E-state index contributed by atoms with van der Waals surface area (Å²) in [6.07, 6.45) is 16.2. The zero-order chi connectivity index (χ0) is 34.8. The number of allylic oxidation sites excluding steroid dienone is 2. The van der Waals surface area contributed by atoms with E-state index in [0.29, 0.717) is 28.9 Å². The van der Waals surface area contributed by atoms with E-state index in [2.05, 4.69) is 63.5 Å². The minimum atomic E-state index is -0.465. The van der Waals surface area contributed by atoms with Crippen LogP contribution in [0.15, 0.2) is 30.3 Å². The Kier molecular flexibility index (Phi) is 9.21. The monoisotopic (exact) mass is 660 g/mol. The van der Waals surface area contributed by atoms with Gasteiger partial charge in [0.1, 0.15) is 5.60 Å². The Labute approximate surface area is 291 Å². The number of carbonyl (C=O) groups excluding carboxylic acids is 2. The van der Waals surface area contributed by atoms with E-state index in [1.54, 1.807) is 0 Å². The van der Waals surface area contributed by atoms with E-state index in [0.717, 1.165) is 37.1 Å². The van der Waals surface area contributed by atoms with Crippen LogP contribution in [-0.4, -0.2) is 43.4 Å². The molecule has 1 aromatic rings. The van der Waals surface area contributed by atoms with Crippen molar-refractivity contribution in [1.29, 1.82) is 0 Å². The lowest BCUT2D eigenvalue weighted by Gasteiger charge is -2.72. The number of rotatable bonds is 7. The highest BCUT2D eigenvalue weighted by molar-refractivity contribution is 5.90. The van der Waals surface area contributed by atoms with Crippen molar-refractivity contribution < 1.29 is 19.1 Å². The summed E-state index contributed by atoms with van der Waals surface area (Å²) in [6.45, 7) is 20.4. The second kappa shape index (κ2) is 12.5. The minimum Gasteiger partial charge on any atom is -0.465 e. The fourth-order valence-electron chi connectivity index (χ4n) is 12.8. The molecule has 0 aromatic heterocycles. The van der Waals surface area contributed by atoms with Crippen LogP contribution >= 0.6 is 0 Å². The quantitative estimate of drug-likeness (QED) is 0.225. The first-order chi connectivity index (χ1) is 22.5. The number of amides is 1. The highest BCUT2D eigenvalue weighted by Crippen LogP contribution is 2.76. The van der Waals surface area contributed by atoms with Crippen molar-refractivity contribution in [2.45, 2.75) is 137 Å². The van der Waals surface area contributed by atoms with E-state index in [4.69, 9.17) is 9.47 Å². The molecule has 0 heterocycles. The van der Waals surface area contributed by atoms with Crippen molar-refractivity contribution in [3.63, 3.8) is 0 Å². The molecule has 4 saturated carbocycles. The predicted octanol–water partition coefficient (Wildman–Crippen LogP) is 9.58. The number of esters is 1. The summed E-state index contributed by atoms with van der Waals surface area (Å²) >= 11 is 0. The number of nitrogens with one attached hydrogen (secondary N) is 2. The number of fused-ring (bicyclic) bond motifs is 7. The molecule has 1 amide bonds. The first kappa shape index (κ1) is 35.5. The van der Waals surface area contributed by atoms with Gasteiger partial charge in [0, 0.05) is 12.1 Å². The van der Waals surface area contributed by atoms with Gasteiger partial charge in [-0.3, -0.25) is 0 Å². The minimum absolute atomic E-state index is 0.0638. The maximum Gasteiger partial charge on any atom is 0.407 e. The van der Waals surface area contributed by atoms with Crippen molar-refractivity contribution >= 4 is 17.6 Å². The third-order valence-corrected chi connectivity index (χ3v) is 15.1. The summed E-state index contributed by atoms with van der Waals surface area (Å²) in [7, 11) is 1.44. The summed E-state index contributed by atoms with van der Waals surface area (Å²) in [4.78, 5) is 24.2. The van der Waals surface area contributed by atoms with Crippen LogP contribution in [0.1, 0.15) is 142 Å². The van der Waals surface area contributed by atoms with Crippen molar-refractivity contribution in [2.24, 2.45) is 45.3 Å². The third kappa shape index (κ3) is 5.74. The number of alkyl carbamates (subject to hydrolysis) is 1.